The van der Waals surface area contributed by atoms with Gasteiger partial charge in [0.25, 0.3) is 0 Å². The van der Waals surface area contributed by atoms with Crippen molar-refractivity contribution in [3.05, 3.63) is 35.9 Å². The second-order valence-corrected chi connectivity index (χ2v) is 5.61. The number of carbonyl (C=O) groups is 1. The van der Waals surface area contributed by atoms with Crippen LogP contribution in [0.3, 0.4) is 0 Å². The Kier molecular flexibility index (Phi) is 2.68. The summed E-state index contributed by atoms with van der Waals surface area (Å²) in [6.45, 7) is 2.12. The largest absolute Gasteiger partial charge is 0.307 e. The Hall–Kier alpha value is -1.26. The van der Waals surface area contributed by atoms with Crippen LogP contribution in [0.15, 0.2) is 35.9 Å². The van der Waals surface area contributed by atoms with Crippen molar-refractivity contribution >= 4 is 29.5 Å². The van der Waals surface area contributed by atoms with Gasteiger partial charge in [0.2, 0.25) is 6.41 Å². The number of para-hydroxylation sites is 2. The number of amides is 1. The van der Waals surface area contributed by atoms with Gasteiger partial charge in [-0.3, -0.25) is 9.69 Å². The fraction of sp³-hybridized carbons (Fsp3) is 0.308. The van der Waals surface area contributed by atoms with Gasteiger partial charge in [-0.05, 0) is 13.0 Å². The number of anilines is 1. The fourth-order valence-corrected chi connectivity index (χ4v) is 3.75. The van der Waals surface area contributed by atoms with E-state index in [1.54, 1.807) is 0 Å². The summed E-state index contributed by atoms with van der Waals surface area (Å²) < 4.78 is 0. The molecule has 3 unspecified atom stereocenters. The van der Waals surface area contributed by atoms with E-state index in [4.69, 9.17) is 0 Å². The standard InChI is InChI=1S/C13H14N2OS/c1-10-8-13-14(6-7-17-13)11-4-2-3-5-12(11)15(10)9-16/h2-7,9-10,13H,8H2,1H3/p+1. The molecule has 4 heteroatoms. The van der Waals surface area contributed by atoms with Gasteiger partial charge in [-0.1, -0.05) is 23.9 Å². The minimum absolute atomic E-state index is 0.253. The molecule has 0 bridgehead atoms. The number of rotatable bonds is 1. The normalized spacial score (nSPS) is 30.6. The van der Waals surface area contributed by atoms with E-state index in [0.717, 1.165) is 18.5 Å². The van der Waals surface area contributed by atoms with Crippen LogP contribution in [0, 0.1) is 0 Å². The zero-order valence-electron chi connectivity index (χ0n) is 9.67. The van der Waals surface area contributed by atoms with Crippen LogP contribution in [0.4, 0.5) is 11.4 Å². The lowest BCUT2D eigenvalue weighted by molar-refractivity contribution is -0.783. The van der Waals surface area contributed by atoms with Gasteiger partial charge in [-0.15, -0.1) is 0 Å². The predicted molar refractivity (Wildman–Crippen MR) is 70.2 cm³/mol. The number of benzene rings is 1. The Balaban J connectivity index is 2.14. The molecule has 0 aromatic heterocycles. The highest BCUT2D eigenvalue weighted by Crippen LogP contribution is 2.32. The summed E-state index contributed by atoms with van der Waals surface area (Å²) in [6, 6.07) is 8.44. The lowest BCUT2D eigenvalue weighted by atomic mass is 10.2. The number of thioether (sulfide) groups is 1. The highest BCUT2D eigenvalue weighted by molar-refractivity contribution is 8.02. The fourth-order valence-electron chi connectivity index (χ4n) is 2.60. The van der Waals surface area contributed by atoms with Crippen molar-refractivity contribution in [2.75, 3.05) is 4.90 Å². The van der Waals surface area contributed by atoms with Crippen molar-refractivity contribution < 1.29 is 9.69 Å². The third-order valence-corrected chi connectivity index (χ3v) is 4.54. The number of hydrogen-bond donors (Lipinski definition) is 1. The van der Waals surface area contributed by atoms with E-state index in [1.165, 1.54) is 10.6 Å². The van der Waals surface area contributed by atoms with E-state index in [-0.39, 0.29) is 6.04 Å². The zero-order chi connectivity index (χ0) is 11.8. The van der Waals surface area contributed by atoms with E-state index < -0.39 is 0 Å². The van der Waals surface area contributed by atoms with Crippen LogP contribution in [0.1, 0.15) is 13.3 Å². The molecular weight excluding hydrogens is 232 g/mol. The van der Waals surface area contributed by atoms with Crippen molar-refractivity contribution in [3.8, 4) is 0 Å². The van der Waals surface area contributed by atoms with Crippen molar-refractivity contribution in [1.82, 2.24) is 0 Å². The van der Waals surface area contributed by atoms with Crippen molar-refractivity contribution in [3.63, 3.8) is 0 Å². The van der Waals surface area contributed by atoms with E-state index in [1.807, 2.05) is 34.9 Å². The highest BCUT2D eigenvalue weighted by Gasteiger charge is 2.36. The summed E-state index contributed by atoms with van der Waals surface area (Å²) in [5, 5.41) is 2.66. The zero-order valence-corrected chi connectivity index (χ0v) is 10.5. The second kappa shape index (κ2) is 4.20. The molecule has 0 spiro atoms. The van der Waals surface area contributed by atoms with Gasteiger partial charge in [0.05, 0.1) is 0 Å². The predicted octanol–water partition coefficient (Wildman–Crippen LogP) is 1.50. The van der Waals surface area contributed by atoms with Crippen LogP contribution in [-0.2, 0) is 4.79 Å². The van der Waals surface area contributed by atoms with Crippen molar-refractivity contribution in [1.29, 1.82) is 0 Å². The number of nitrogens with one attached hydrogen (secondary N) is 1. The first kappa shape index (κ1) is 10.9. The van der Waals surface area contributed by atoms with Crippen LogP contribution in [0.2, 0.25) is 0 Å². The van der Waals surface area contributed by atoms with Crippen molar-refractivity contribution in [2.24, 2.45) is 0 Å². The molecule has 0 saturated heterocycles. The minimum atomic E-state index is 0.253. The third kappa shape index (κ3) is 1.68. The molecule has 1 N–H and O–H groups in total. The van der Waals surface area contributed by atoms with E-state index in [2.05, 4.69) is 24.6 Å². The number of carbonyl (C=O) groups excluding carboxylic acids is 1. The number of nitrogens with zero attached hydrogens (tertiary/aromatic N) is 1. The lowest BCUT2D eigenvalue weighted by Crippen LogP contribution is -3.04. The van der Waals surface area contributed by atoms with Crippen LogP contribution >= 0.6 is 11.8 Å². The Morgan fingerprint density at radius 3 is 3.12 bits per heavy atom. The number of fused-ring (bicyclic) bond motifs is 3. The first-order valence-corrected chi connectivity index (χ1v) is 6.77. The van der Waals surface area contributed by atoms with Gasteiger partial charge in [-0.25, -0.2) is 0 Å². The minimum Gasteiger partial charge on any atom is -0.307 e. The maximum Gasteiger partial charge on any atom is 0.214 e. The molecule has 1 amide bonds. The smallest absolute Gasteiger partial charge is 0.214 e. The molecule has 17 heavy (non-hydrogen) atoms. The summed E-state index contributed by atoms with van der Waals surface area (Å²) in [7, 11) is 0. The Morgan fingerprint density at radius 2 is 2.29 bits per heavy atom. The molecule has 88 valence electrons. The van der Waals surface area contributed by atoms with Gasteiger partial charge in [0.1, 0.15) is 17.3 Å². The quantitative estimate of drug-likeness (QED) is 0.761. The Labute approximate surface area is 105 Å². The van der Waals surface area contributed by atoms with E-state index in [9.17, 15) is 4.79 Å². The van der Waals surface area contributed by atoms with Crippen LogP contribution < -0.4 is 9.80 Å². The average molecular weight is 247 g/mol. The average Bonchev–Trinajstić information content (AvgIpc) is 2.75. The molecule has 0 fully saturated rings. The van der Waals surface area contributed by atoms with E-state index in [0.29, 0.717) is 5.37 Å². The van der Waals surface area contributed by atoms with E-state index >= 15 is 0 Å². The number of hydrogen-bond acceptors (Lipinski definition) is 2. The van der Waals surface area contributed by atoms with Gasteiger partial charge < -0.3 is 4.90 Å². The Morgan fingerprint density at radius 1 is 1.47 bits per heavy atom. The molecule has 0 aliphatic carbocycles. The second-order valence-electron chi connectivity index (χ2n) is 4.50. The number of quaternary nitrogens is 1. The van der Waals surface area contributed by atoms with Gasteiger partial charge >= 0.3 is 0 Å². The highest BCUT2D eigenvalue weighted by atomic mass is 32.2. The SMILES string of the molecule is CC1CC2SC=C[NH+]2c2ccccc2N1C=O. The summed E-state index contributed by atoms with van der Waals surface area (Å²) in [5.74, 6) is 0. The van der Waals surface area contributed by atoms with Crippen molar-refractivity contribution in [2.45, 2.75) is 24.8 Å². The third-order valence-electron chi connectivity index (χ3n) is 3.47. The first-order valence-electron chi connectivity index (χ1n) is 5.83. The monoisotopic (exact) mass is 247 g/mol. The van der Waals surface area contributed by atoms with Crippen LogP contribution in [-0.4, -0.2) is 17.8 Å². The Bertz CT molecular complexity index is 453. The molecule has 1 aromatic carbocycles. The first-order chi connectivity index (χ1) is 8.31. The maximum absolute atomic E-state index is 11.3. The molecule has 2 aliphatic heterocycles. The molecule has 0 radical (unpaired) electrons. The van der Waals surface area contributed by atoms with Crippen LogP contribution in [0.5, 0.6) is 0 Å². The molecule has 2 heterocycles. The summed E-state index contributed by atoms with van der Waals surface area (Å²) >= 11 is 1.86. The summed E-state index contributed by atoms with van der Waals surface area (Å²) in [5.41, 5.74) is 2.25. The molecular formula is C13H15N2OS+. The molecule has 2 aliphatic rings. The molecule has 3 atom stereocenters. The topological polar surface area (TPSA) is 24.8 Å². The molecule has 0 saturated carbocycles. The molecule has 3 nitrogen and oxygen atoms in total. The van der Waals surface area contributed by atoms with Gasteiger partial charge in [0.15, 0.2) is 5.69 Å². The molecule has 3 rings (SSSR count). The molecule has 1 aromatic rings. The maximum atomic E-state index is 11.3. The van der Waals surface area contributed by atoms with Gasteiger partial charge in [0, 0.05) is 23.9 Å². The lowest BCUT2D eigenvalue weighted by Gasteiger charge is -2.22. The summed E-state index contributed by atoms with van der Waals surface area (Å²) in [4.78, 5) is 14.5. The summed E-state index contributed by atoms with van der Waals surface area (Å²) in [6.07, 6.45) is 4.16. The van der Waals surface area contributed by atoms with Crippen LogP contribution in [0.25, 0.3) is 0 Å². The van der Waals surface area contributed by atoms with Gasteiger partial charge in [-0.2, -0.15) is 0 Å².